The molecule has 1 amide bonds. The SMILES string of the molecule is CN(Cc1ccc(OCC(N)=O)cc1)CC1CCCCN1. The predicted molar refractivity (Wildman–Crippen MR) is 83.1 cm³/mol. The maximum absolute atomic E-state index is 10.7. The van der Waals surface area contributed by atoms with Crippen molar-refractivity contribution in [3.8, 4) is 5.75 Å². The van der Waals surface area contributed by atoms with Gasteiger partial charge in [0.2, 0.25) is 0 Å². The molecular weight excluding hydrogens is 266 g/mol. The van der Waals surface area contributed by atoms with Gasteiger partial charge in [-0.1, -0.05) is 18.6 Å². The van der Waals surface area contributed by atoms with Gasteiger partial charge in [-0.15, -0.1) is 0 Å². The number of primary amides is 1. The number of nitrogens with two attached hydrogens (primary N) is 1. The molecule has 1 unspecified atom stereocenters. The quantitative estimate of drug-likeness (QED) is 0.790. The molecule has 0 aliphatic carbocycles. The van der Waals surface area contributed by atoms with Crippen LogP contribution in [0.15, 0.2) is 24.3 Å². The van der Waals surface area contributed by atoms with E-state index in [9.17, 15) is 4.79 Å². The molecule has 3 N–H and O–H groups in total. The van der Waals surface area contributed by atoms with Crippen LogP contribution in [0, 0.1) is 0 Å². The number of rotatable bonds is 7. The van der Waals surface area contributed by atoms with Crippen LogP contribution in [-0.2, 0) is 11.3 Å². The zero-order valence-corrected chi connectivity index (χ0v) is 12.7. The monoisotopic (exact) mass is 291 g/mol. The Bertz CT molecular complexity index is 441. The van der Waals surface area contributed by atoms with Crippen LogP contribution in [0.1, 0.15) is 24.8 Å². The van der Waals surface area contributed by atoms with Crippen LogP contribution in [0.25, 0.3) is 0 Å². The van der Waals surface area contributed by atoms with Crippen LogP contribution in [0.5, 0.6) is 5.75 Å². The molecular formula is C16H25N3O2. The van der Waals surface area contributed by atoms with E-state index in [0.717, 1.165) is 19.6 Å². The minimum absolute atomic E-state index is 0.0768. The lowest BCUT2D eigenvalue weighted by Crippen LogP contribution is -2.42. The van der Waals surface area contributed by atoms with Crippen molar-refractivity contribution in [2.24, 2.45) is 5.73 Å². The lowest BCUT2D eigenvalue weighted by atomic mass is 10.0. The van der Waals surface area contributed by atoms with Gasteiger partial charge >= 0.3 is 0 Å². The highest BCUT2D eigenvalue weighted by Crippen LogP contribution is 2.14. The minimum Gasteiger partial charge on any atom is -0.484 e. The van der Waals surface area contributed by atoms with Crippen LogP contribution >= 0.6 is 0 Å². The smallest absolute Gasteiger partial charge is 0.255 e. The van der Waals surface area contributed by atoms with E-state index in [2.05, 4.69) is 17.3 Å². The summed E-state index contributed by atoms with van der Waals surface area (Å²) in [5.74, 6) is 0.216. The number of nitrogens with zero attached hydrogens (tertiary/aromatic N) is 1. The standard InChI is InChI=1S/C16H25N3O2/c1-19(11-14-4-2-3-9-18-14)10-13-5-7-15(8-6-13)21-12-16(17)20/h5-8,14,18H,2-4,9-12H2,1H3,(H2,17,20). The van der Waals surface area contributed by atoms with E-state index >= 15 is 0 Å². The van der Waals surface area contributed by atoms with Crippen molar-refractivity contribution in [1.29, 1.82) is 0 Å². The zero-order valence-electron chi connectivity index (χ0n) is 12.7. The molecule has 1 aliphatic rings. The summed E-state index contributed by atoms with van der Waals surface area (Å²) in [5, 5.41) is 3.57. The molecule has 0 saturated carbocycles. The van der Waals surface area contributed by atoms with E-state index in [4.69, 9.17) is 10.5 Å². The maximum Gasteiger partial charge on any atom is 0.255 e. The number of amides is 1. The first-order valence-corrected chi connectivity index (χ1v) is 7.55. The Kier molecular flexibility index (Phi) is 6.02. The van der Waals surface area contributed by atoms with Gasteiger partial charge in [-0.3, -0.25) is 4.79 Å². The maximum atomic E-state index is 10.7. The topological polar surface area (TPSA) is 67.6 Å². The number of likely N-dealkylation sites (N-methyl/N-ethyl adjacent to an activating group) is 1. The first-order chi connectivity index (χ1) is 10.1. The van der Waals surface area contributed by atoms with E-state index in [1.807, 2.05) is 24.3 Å². The highest BCUT2D eigenvalue weighted by atomic mass is 16.5. The molecule has 1 heterocycles. The van der Waals surface area contributed by atoms with Gasteiger partial charge in [-0.05, 0) is 44.1 Å². The fourth-order valence-electron chi connectivity index (χ4n) is 2.68. The van der Waals surface area contributed by atoms with Crippen LogP contribution in [-0.4, -0.2) is 43.6 Å². The molecule has 1 aliphatic heterocycles. The summed E-state index contributed by atoms with van der Waals surface area (Å²) in [6, 6.07) is 8.43. The van der Waals surface area contributed by atoms with Crippen molar-refractivity contribution in [3.05, 3.63) is 29.8 Å². The number of ether oxygens (including phenoxy) is 1. The number of benzene rings is 1. The first kappa shape index (κ1) is 15.8. The largest absolute Gasteiger partial charge is 0.484 e. The molecule has 5 nitrogen and oxygen atoms in total. The van der Waals surface area contributed by atoms with Gasteiger partial charge in [0, 0.05) is 19.1 Å². The van der Waals surface area contributed by atoms with E-state index in [1.165, 1.54) is 24.8 Å². The fraction of sp³-hybridized carbons (Fsp3) is 0.562. The minimum atomic E-state index is -0.459. The molecule has 1 fully saturated rings. The summed E-state index contributed by atoms with van der Waals surface area (Å²) >= 11 is 0. The Morgan fingerprint density at radius 3 is 2.76 bits per heavy atom. The number of nitrogens with one attached hydrogen (secondary N) is 1. The molecule has 0 radical (unpaired) electrons. The molecule has 116 valence electrons. The average molecular weight is 291 g/mol. The molecule has 1 atom stereocenters. The first-order valence-electron chi connectivity index (χ1n) is 7.55. The summed E-state index contributed by atoms with van der Waals surface area (Å²) in [7, 11) is 2.15. The highest BCUT2D eigenvalue weighted by molar-refractivity contribution is 5.75. The van der Waals surface area contributed by atoms with Gasteiger partial charge in [-0.2, -0.15) is 0 Å². The van der Waals surface area contributed by atoms with Crippen molar-refractivity contribution < 1.29 is 9.53 Å². The van der Waals surface area contributed by atoms with Crippen LogP contribution in [0.3, 0.4) is 0 Å². The van der Waals surface area contributed by atoms with E-state index in [1.54, 1.807) is 0 Å². The lowest BCUT2D eigenvalue weighted by Gasteiger charge is -2.28. The Morgan fingerprint density at radius 1 is 1.38 bits per heavy atom. The van der Waals surface area contributed by atoms with Gasteiger partial charge in [0.15, 0.2) is 6.61 Å². The van der Waals surface area contributed by atoms with Gasteiger partial charge in [0.25, 0.3) is 5.91 Å². The average Bonchev–Trinajstić information content (AvgIpc) is 2.47. The second-order valence-corrected chi connectivity index (χ2v) is 5.74. The fourth-order valence-corrected chi connectivity index (χ4v) is 2.68. The molecule has 0 spiro atoms. The van der Waals surface area contributed by atoms with Crippen molar-refractivity contribution >= 4 is 5.91 Å². The summed E-state index contributed by atoms with van der Waals surface area (Å²) in [5.41, 5.74) is 6.28. The Hall–Kier alpha value is -1.59. The number of carbonyl (C=O) groups is 1. The second-order valence-electron chi connectivity index (χ2n) is 5.74. The van der Waals surface area contributed by atoms with Crippen molar-refractivity contribution in [2.45, 2.75) is 31.8 Å². The molecule has 5 heteroatoms. The van der Waals surface area contributed by atoms with Crippen molar-refractivity contribution in [3.63, 3.8) is 0 Å². The Morgan fingerprint density at radius 2 is 2.14 bits per heavy atom. The molecule has 1 aromatic carbocycles. The number of hydrogen-bond donors (Lipinski definition) is 2. The molecule has 2 rings (SSSR count). The second kappa shape index (κ2) is 8.00. The Labute approximate surface area is 126 Å². The van der Waals surface area contributed by atoms with E-state index in [0.29, 0.717) is 11.8 Å². The molecule has 1 aromatic rings. The van der Waals surface area contributed by atoms with E-state index in [-0.39, 0.29) is 6.61 Å². The predicted octanol–water partition coefficient (Wildman–Crippen LogP) is 1.12. The molecule has 0 aromatic heterocycles. The summed E-state index contributed by atoms with van der Waals surface area (Å²) in [6.07, 6.45) is 3.90. The van der Waals surface area contributed by atoms with Crippen LogP contribution < -0.4 is 15.8 Å². The highest BCUT2D eigenvalue weighted by Gasteiger charge is 2.14. The van der Waals surface area contributed by atoms with E-state index < -0.39 is 5.91 Å². The van der Waals surface area contributed by atoms with Gasteiger partial charge in [-0.25, -0.2) is 0 Å². The number of hydrogen-bond acceptors (Lipinski definition) is 4. The van der Waals surface area contributed by atoms with Crippen molar-refractivity contribution in [2.75, 3.05) is 26.7 Å². The third-order valence-electron chi connectivity index (χ3n) is 3.70. The lowest BCUT2D eigenvalue weighted by molar-refractivity contribution is -0.119. The van der Waals surface area contributed by atoms with Gasteiger partial charge in [0.1, 0.15) is 5.75 Å². The summed E-state index contributed by atoms with van der Waals surface area (Å²) in [6.45, 7) is 3.05. The molecule has 21 heavy (non-hydrogen) atoms. The van der Waals surface area contributed by atoms with Crippen LogP contribution in [0.4, 0.5) is 0 Å². The van der Waals surface area contributed by atoms with Crippen LogP contribution in [0.2, 0.25) is 0 Å². The molecule has 1 saturated heterocycles. The zero-order chi connectivity index (χ0) is 15.1. The normalized spacial score (nSPS) is 18.7. The third kappa shape index (κ3) is 5.73. The Balaban J connectivity index is 1.77. The third-order valence-corrected chi connectivity index (χ3v) is 3.70. The molecule has 0 bridgehead atoms. The van der Waals surface area contributed by atoms with Gasteiger partial charge in [0.05, 0.1) is 0 Å². The summed E-state index contributed by atoms with van der Waals surface area (Å²) < 4.78 is 5.25. The number of piperidine rings is 1. The van der Waals surface area contributed by atoms with Crippen molar-refractivity contribution in [1.82, 2.24) is 10.2 Å². The summed E-state index contributed by atoms with van der Waals surface area (Å²) in [4.78, 5) is 13.0. The number of carbonyl (C=O) groups excluding carboxylic acids is 1. The van der Waals surface area contributed by atoms with Gasteiger partial charge < -0.3 is 20.7 Å².